The Labute approximate surface area is 252 Å². The number of nitrogens with one attached hydrogen (secondary N) is 1. The van der Waals surface area contributed by atoms with Crippen LogP contribution in [0.4, 0.5) is 23.7 Å². The third-order valence-electron chi connectivity index (χ3n) is 7.38. The summed E-state index contributed by atoms with van der Waals surface area (Å²) in [6.45, 7) is 2.08. The van der Waals surface area contributed by atoms with Crippen molar-refractivity contribution in [1.29, 1.82) is 0 Å². The van der Waals surface area contributed by atoms with E-state index in [1.54, 1.807) is 55.6 Å². The van der Waals surface area contributed by atoms with Gasteiger partial charge in [0.15, 0.2) is 0 Å². The van der Waals surface area contributed by atoms with Gasteiger partial charge in [0.05, 0.1) is 35.3 Å². The van der Waals surface area contributed by atoms with Gasteiger partial charge in [-0.05, 0) is 73.0 Å². The number of alkyl halides is 3. The van der Waals surface area contributed by atoms with Crippen LogP contribution in [0.2, 0.25) is 0 Å². The minimum Gasteiger partial charge on any atom is -0.497 e. The molecule has 7 nitrogen and oxygen atoms in total. The van der Waals surface area contributed by atoms with Gasteiger partial charge in [-0.3, -0.25) is 9.36 Å². The number of nitrogens with zero attached hydrogens (tertiary/aromatic N) is 3. The standard InChI is InChI=1S/C34H31F3N4O3/c1-3-30(31-39-29-15-8-7-14-28(29)32(42)41(31)26-16-18-27(44-2)19-17-26)40(21-20-23-10-5-4-6-11-23)33(43)38-25-13-9-12-24(22-25)34(35,36)37/h4-19,22,30H,3,20-21H2,1-2H3,(H,38,43). The van der Waals surface area contributed by atoms with Crippen LogP contribution in [0.3, 0.4) is 0 Å². The van der Waals surface area contributed by atoms with Gasteiger partial charge in [-0.1, -0.05) is 55.5 Å². The first-order valence-electron chi connectivity index (χ1n) is 14.1. The Bertz CT molecular complexity index is 1810. The first-order chi connectivity index (χ1) is 21.2. The molecule has 5 aromatic rings. The molecule has 0 fully saturated rings. The molecule has 0 saturated heterocycles. The molecule has 0 aliphatic heterocycles. The summed E-state index contributed by atoms with van der Waals surface area (Å²) < 4.78 is 47.1. The Morgan fingerprint density at radius 2 is 1.66 bits per heavy atom. The van der Waals surface area contributed by atoms with Crippen LogP contribution in [0.1, 0.15) is 36.3 Å². The summed E-state index contributed by atoms with van der Waals surface area (Å²) in [7, 11) is 1.55. The van der Waals surface area contributed by atoms with Crippen molar-refractivity contribution >= 4 is 22.6 Å². The highest BCUT2D eigenvalue weighted by molar-refractivity contribution is 5.90. The van der Waals surface area contributed by atoms with Crippen LogP contribution in [0, 0.1) is 0 Å². The summed E-state index contributed by atoms with van der Waals surface area (Å²) in [6.07, 6.45) is -3.73. The second kappa shape index (κ2) is 13.0. The van der Waals surface area contributed by atoms with Crippen molar-refractivity contribution in [3.8, 4) is 11.4 Å². The summed E-state index contributed by atoms with van der Waals surface area (Å²) in [5, 5.41) is 3.07. The monoisotopic (exact) mass is 600 g/mol. The van der Waals surface area contributed by atoms with E-state index >= 15 is 0 Å². The predicted octanol–water partition coefficient (Wildman–Crippen LogP) is 7.64. The predicted molar refractivity (Wildman–Crippen MR) is 164 cm³/mol. The minimum absolute atomic E-state index is 0.00315. The summed E-state index contributed by atoms with van der Waals surface area (Å²) in [6, 6.07) is 26.6. The lowest BCUT2D eigenvalue weighted by Crippen LogP contribution is -2.42. The van der Waals surface area contributed by atoms with E-state index in [0.717, 1.165) is 17.7 Å². The van der Waals surface area contributed by atoms with Crippen LogP contribution in [0.25, 0.3) is 16.6 Å². The number of carbonyl (C=O) groups excluding carboxylic acids is 1. The van der Waals surface area contributed by atoms with Crippen LogP contribution >= 0.6 is 0 Å². The van der Waals surface area contributed by atoms with Crippen molar-refractivity contribution in [3.05, 3.63) is 130 Å². The van der Waals surface area contributed by atoms with Crippen LogP contribution in [0.15, 0.2) is 108 Å². The van der Waals surface area contributed by atoms with Gasteiger partial charge in [-0.2, -0.15) is 13.2 Å². The lowest BCUT2D eigenvalue weighted by Gasteiger charge is -2.32. The average Bonchev–Trinajstić information content (AvgIpc) is 3.03. The number of carbonyl (C=O) groups is 1. The largest absolute Gasteiger partial charge is 0.497 e. The number of aromatic nitrogens is 2. The maximum atomic E-state index is 14.0. The lowest BCUT2D eigenvalue weighted by atomic mass is 10.1. The summed E-state index contributed by atoms with van der Waals surface area (Å²) in [5.41, 5.74) is 0.792. The highest BCUT2D eigenvalue weighted by atomic mass is 19.4. The summed E-state index contributed by atoms with van der Waals surface area (Å²) >= 11 is 0. The number of para-hydroxylation sites is 1. The molecule has 1 unspecified atom stereocenters. The number of rotatable bonds is 9. The summed E-state index contributed by atoms with van der Waals surface area (Å²) in [5.74, 6) is 0.933. The number of anilines is 1. The average molecular weight is 601 g/mol. The van der Waals surface area contributed by atoms with Gasteiger partial charge in [0.25, 0.3) is 5.56 Å². The molecule has 226 valence electrons. The van der Waals surface area contributed by atoms with Gasteiger partial charge < -0.3 is 15.0 Å². The lowest BCUT2D eigenvalue weighted by molar-refractivity contribution is -0.137. The third kappa shape index (κ3) is 6.59. The molecule has 5 rings (SSSR count). The van der Waals surface area contributed by atoms with E-state index in [4.69, 9.17) is 9.72 Å². The SMILES string of the molecule is CCC(c1nc2ccccc2c(=O)n1-c1ccc(OC)cc1)N(CCc1ccccc1)C(=O)Nc1cccc(C(F)(F)F)c1. The van der Waals surface area contributed by atoms with E-state index in [1.165, 1.54) is 21.6 Å². The van der Waals surface area contributed by atoms with Crippen molar-refractivity contribution < 1.29 is 22.7 Å². The van der Waals surface area contributed by atoms with E-state index in [2.05, 4.69) is 5.32 Å². The molecule has 1 aromatic heterocycles. The molecule has 2 amide bonds. The fraction of sp³-hybridized carbons (Fsp3) is 0.206. The topological polar surface area (TPSA) is 76.5 Å². The highest BCUT2D eigenvalue weighted by Crippen LogP contribution is 2.32. The van der Waals surface area contributed by atoms with Crippen molar-refractivity contribution in [2.45, 2.75) is 32.0 Å². The van der Waals surface area contributed by atoms with Gasteiger partial charge in [-0.15, -0.1) is 0 Å². The van der Waals surface area contributed by atoms with Gasteiger partial charge >= 0.3 is 12.2 Å². The molecule has 1 atom stereocenters. The van der Waals surface area contributed by atoms with Gasteiger partial charge in [-0.25, -0.2) is 9.78 Å². The molecule has 4 aromatic carbocycles. The number of methoxy groups -OCH3 is 1. The molecule has 10 heteroatoms. The maximum absolute atomic E-state index is 14.0. The fourth-order valence-electron chi connectivity index (χ4n) is 5.16. The molecule has 0 saturated carbocycles. The van der Waals surface area contributed by atoms with E-state index in [0.29, 0.717) is 41.0 Å². The maximum Gasteiger partial charge on any atom is 0.416 e. The Hall–Kier alpha value is -5.12. The first kappa shape index (κ1) is 30.3. The van der Waals surface area contributed by atoms with Crippen molar-refractivity contribution in [3.63, 3.8) is 0 Å². The van der Waals surface area contributed by atoms with Crippen molar-refractivity contribution in [2.75, 3.05) is 19.0 Å². The molecule has 1 N–H and O–H groups in total. The molecule has 0 aliphatic carbocycles. The highest BCUT2D eigenvalue weighted by Gasteiger charge is 2.32. The normalized spacial score (nSPS) is 12.1. The second-order valence-corrected chi connectivity index (χ2v) is 10.2. The first-order valence-corrected chi connectivity index (χ1v) is 14.1. The second-order valence-electron chi connectivity index (χ2n) is 10.2. The van der Waals surface area contributed by atoms with Crippen LogP contribution < -0.4 is 15.6 Å². The number of benzene rings is 4. The summed E-state index contributed by atoms with van der Waals surface area (Å²) in [4.78, 5) is 34.4. The molecule has 0 bridgehead atoms. The molecule has 0 spiro atoms. The number of ether oxygens (including phenoxy) is 1. The van der Waals surface area contributed by atoms with Gasteiger partial charge in [0, 0.05) is 12.2 Å². The Morgan fingerprint density at radius 3 is 2.34 bits per heavy atom. The number of halogens is 3. The smallest absolute Gasteiger partial charge is 0.416 e. The number of hydrogen-bond donors (Lipinski definition) is 1. The van der Waals surface area contributed by atoms with E-state index < -0.39 is 23.8 Å². The zero-order valence-corrected chi connectivity index (χ0v) is 24.2. The van der Waals surface area contributed by atoms with E-state index in [1.807, 2.05) is 37.3 Å². The Kier molecular flexibility index (Phi) is 8.99. The van der Waals surface area contributed by atoms with E-state index in [9.17, 15) is 22.8 Å². The van der Waals surface area contributed by atoms with Gasteiger partial charge in [0.1, 0.15) is 11.6 Å². The van der Waals surface area contributed by atoms with Crippen molar-refractivity contribution in [1.82, 2.24) is 14.5 Å². The van der Waals surface area contributed by atoms with Crippen LogP contribution in [0.5, 0.6) is 5.75 Å². The molecule has 0 radical (unpaired) electrons. The van der Waals surface area contributed by atoms with E-state index in [-0.39, 0.29) is 17.8 Å². The molecular formula is C34H31F3N4O3. The number of urea groups is 1. The van der Waals surface area contributed by atoms with Gasteiger partial charge in [0.2, 0.25) is 0 Å². The quantitative estimate of drug-likeness (QED) is 0.189. The number of fused-ring (bicyclic) bond motifs is 1. The molecular weight excluding hydrogens is 569 g/mol. The van der Waals surface area contributed by atoms with Crippen LogP contribution in [-0.2, 0) is 12.6 Å². The molecule has 44 heavy (non-hydrogen) atoms. The zero-order chi connectivity index (χ0) is 31.3. The zero-order valence-electron chi connectivity index (χ0n) is 24.2. The Balaban J connectivity index is 1.62. The number of amides is 2. The Morgan fingerprint density at radius 1 is 0.955 bits per heavy atom. The fourth-order valence-corrected chi connectivity index (χ4v) is 5.16. The van der Waals surface area contributed by atoms with Crippen LogP contribution in [-0.4, -0.2) is 34.1 Å². The minimum atomic E-state index is -4.57. The number of hydrogen-bond acceptors (Lipinski definition) is 4. The molecule has 1 heterocycles. The van der Waals surface area contributed by atoms with Crippen molar-refractivity contribution in [2.24, 2.45) is 0 Å². The third-order valence-corrected chi connectivity index (χ3v) is 7.38. The molecule has 0 aliphatic rings.